The second-order valence-electron chi connectivity index (χ2n) is 7.83. The van der Waals surface area contributed by atoms with Gasteiger partial charge in [0, 0.05) is 5.41 Å². The van der Waals surface area contributed by atoms with E-state index in [0.29, 0.717) is 0 Å². The lowest BCUT2D eigenvalue weighted by Gasteiger charge is -2.32. The molecule has 0 aliphatic heterocycles. The maximum absolute atomic E-state index is 12.7. The lowest BCUT2D eigenvalue weighted by atomic mass is 9.70. The Morgan fingerprint density at radius 3 is 2.19 bits per heavy atom. The molecular weight excluding hydrogens is 288 g/mol. The summed E-state index contributed by atoms with van der Waals surface area (Å²) in [6.07, 6.45) is 6.18. The topological polar surface area (TPSA) is 60.4 Å². The maximum Gasteiger partial charge on any atom is 0.278 e. The van der Waals surface area contributed by atoms with E-state index in [1.165, 1.54) is 0 Å². The summed E-state index contributed by atoms with van der Waals surface area (Å²) in [7, 11) is -3.80. The molecule has 0 spiro atoms. The van der Waals surface area contributed by atoms with Crippen LogP contribution in [0.4, 0.5) is 0 Å². The molecule has 3 rings (SSSR count). The molecule has 3 unspecified atom stereocenters. The van der Waals surface area contributed by atoms with Gasteiger partial charge in [-0.05, 0) is 37.0 Å². The molecule has 4 nitrogen and oxygen atoms in total. The molecular formula is C16H26O4S. The Morgan fingerprint density at radius 2 is 1.67 bits per heavy atom. The van der Waals surface area contributed by atoms with Crippen molar-refractivity contribution in [1.82, 2.24) is 0 Å². The third-order valence-corrected chi connectivity index (χ3v) is 8.31. The number of hydrogen-bond donors (Lipinski definition) is 0. The third kappa shape index (κ3) is 2.11. The van der Waals surface area contributed by atoms with Gasteiger partial charge in [0.1, 0.15) is 5.25 Å². The lowest BCUT2D eigenvalue weighted by molar-refractivity contribution is -0.128. The highest BCUT2D eigenvalue weighted by Crippen LogP contribution is 2.65. The third-order valence-electron chi connectivity index (χ3n) is 6.61. The zero-order valence-electron chi connectivity index (χ0n) is 13.2. The monoisotopic (exact) mass is 314 g/mol. The van der Waals surface area contributed by atoms with E-state index in [0.717, 1.165) is 44.9 Å². The summed E-state index contributed by atoms with van der Waals surface area (Å²) in [5.41, 5.74) is -0.761. The molecule has 3 aliphatic rings. The van der Waals surface area contributed by atoms with Crippen molar-refractivity contribution in [3.63, 3.8) is 0 Å². The summed E-state index contributed by atoms with van der Waals surface area (Å²) in [5.74, 6) is -0.205. The van der Waals surface area contributed by atoms with Crippen LogP contribution >= 0.6 is 0 Å². The zero-order valence-corrected chi connectivity index (χ0v) is 14.0. The van der Waals surface area contributed by atoms with E-state index in [1.807, 2.05) is 20.8 Å². The van der Waals surface area contributed by atoms with Gasteiger partial charge in [0.25, 0.3) is 10.1 Å². The summed E-state index contributed by atoms with van der Waals surface area (Å²) in [5, 5.41) is -0.937. The minimum atomic E-state index is -3.80. The molecule has 0 saturated heterocycles. The van der Waals surface area contributed by atoms with Gasteiger partial charge in [-0.15, -0.1) is 0 Å². The fraction of sp³-hybridized carbons (Fsp3) is 0.938. The Bertz CT molecular complexity index is 545. The van der Waals surface area contributed by atoms with Gasteiger partial charge in [-0.25, -0.2) is 0 Å². The van der Waals surface area contributed by atoms with Crippen LogP contribution in [0.25, 0.3) is 0 Å². The summed E-state index contributed by atoms with van der Waals surface area (Å²) >= 11 is 0. The number of hydrogen-bond acceptors (Lipinski definition) is 4. The molecule has 0 aromatic heterocycles. The van der Waals surface area contributed by atoms with Gasteiger partial charge >= 0.3 is 0 Å². The number of carbonyl (C=O) groups is 1. The maximum atomic E-state index is 12.7. The molecule has 3 atom stereocenters. The molecule has 0 aromatic carbocycles. The molecule has 120 valence electrons. The first kappa shape index (κ1) is 15.5. The Morgan fingerprint density at radius 1 is 1.05 bits per heavy atom. The van der Waals surface area contributed by atoms with E-state index in [9.17, 15) is 13.2 Å². The van der Waals surface area contributed by atoms with Gasteiger partial charge in [0.2, 0.25) is 0 Å². The molecule has 5 heteroatoms. The van der Waals surface area contributed by atoms with Gasteiger partial charge in [-0.1, -0.05) is 40.0 Å². The predicted molar refractivity (Wildman–Crippen MR) is 80.3 cm³/mol. The van der Waals surface area contributed by atoms with Gasteiger partial charge in [-0.3, -0.25) is 8.98 Å². The van der Waals surface area contributed by atoms with Crippen molar-refractivity contribution < 1.29 is 17.4 Å². The van der Waals surface area contributed by atoms with E-state index in [-0.39, 0.29) is 23.2 Å². The molecule has 0 N–H and O–H groups in total. The minimum absolute atomic E-state index is 0.0939. The van der Waals surface area contributed by atoms with Crippen LogP contribution in [0.5, 0.6) is 0 Å². The first-order valence-electron chi connectivity index (χ1n) is 8.16. The molecule has 0 heterocycles. The fourth-order valence-electron chi connectivity index (χ4n) is 4.75. The quantitative estimate of drug-likeness (QED) is 0.751. The molecule has 21 heavy (non-hydrogen) atoms. The van der Waals surface area contributed by atoms with Crippen LogP contribution in [0, 0.1) is 16.7 Å². The smallest absolute Gasteiger partial charge is 0.278 e. The number of carbonyl (C=O) groups excluding carboxylic acids is 1. The van der Waals surface area contributed by atoms with Gasteiger partial charge in [0.15, 0.2) is 5.78 Å². The second kappa shape index (κ2) is 4.79. The van der Waals surface area contributed by atoms with Gasteiger partial charge < -0.3 is 0 Å². The van der Waals surface area contributed by atoms with Gasteiger partial charge in [0.05, 0.1) is 6.10 Å². The van der Waals surface area contributed by atoms with E-state index < -0.39 is 20.8 Å². The van der Waals surface area contributed by atoms with Gasteiger partial charge in [-0.2, -0.15) is 8.42 Å². The summed E-state index contributed by atoms with van der Waals surface area (Å²) < 4.78 is 30.9. The van der Waals surface area contributed by atoms with Crippen LogP contribution in [0.1, 0.15) is 65.7 Å². The predicted octanol–water partition coefficient (Wildman–Crippen LogP) is 3.06. The SMILES string of the molecule is CC12CCC(C(S(=O)(=O)OC3CCCCC3)C1=O)C2(C)C. The summed E-state index contributed by atoms with van der Waals surface area (Å²) in [6.45, 7) is 6.02. The van der Waals surface area contributed by atoms with E-state index in [4.69, 9.17) is 4.18 Å². The number of ketones is 1. The summed E-state index contributed by atoms with van der Waals surface area (Å²) in [6, 6.07) is 0. The largest absolute Gasteiger partial charge is 0.297 e. The average Bonchev–Trinajstić information content (AvgIpc) is 2.71. The normalized spacial score (nSPS) is 39.9. The van der Waals surface area contributed by atoms with E-state index in [2.05, 4.69) is 0 Å². The number of Topliss-reactive ketones (excluding diaryl/α,β-unsaturated/α-hetero) is 1. The Balaban J connectivity index is 1.85. The highest BCUT2D eigenvalue weighted by atomic mass is 32.2. The standard InChI is InChI=1S/C16H26O4S/c1-15(2)12-9-10-16(15,3)14(17)13(12)21(18,19)20-11-7-5-4-6-8-11/h11-13H,4-10H2,1-3H3. The molecule has 0 radical (unpaired) electrons. The zero-order chi connectivity index (χ0) is 15.5. The number of fused-ring (bicyclic) bond motifs is 2. The minimum Gasteiger partial charge on any atom is -0.297 e. The first-order valence-corrected chi connectivity index (χ1v) is 9.64. The van der Waals surface area contributed by atoms with Crippen molar-refractivity contribution in [3.8, 4) is 0 Å². The van der Waals surface area contributed by atoms with Crippen LogP contribution in [-0.4, -0.2) is 25.6 Å². The molecule has 3 fully saturated rings. The van der Waals surface area contributed by atoms with Crippen LogP contribution in [-0.2, 0) is 19.1 Å². The van der Waals surface area contributed by atoms with Crippen molar-refractivity contribution in [2.45, 2.75) is 77.1 Å². The lowest BCUT2D eigenvalue weighted by Crippen LogP contribution is -2.41. The van der Waals surface area contributed by atoms with Crippen molar-refractivity contribution in [2.75, 3.05) is 0 Å². The van der Waals surface area contributed by atoms with Crippen LogP contribution in [0.3, 0.4) is 0 Å². The average molecular weight is 314 g/mol. The van der Waals surface area contributed by atoms with E-state index >= 15 is 0 Å². The fourth-order valence-corrected chi connectivity index (χ4v) is 6.84. The van der Waals surface area contributed by atoms with Crippen molar-refractivity contribution in [2.24, 2.45) is 16.7 Å². The van der Waals surface area contributed by atoms with Crippen molar-refractivity contribution in [3.05, 3.63) is 0 Å². The van der Waals surface area contributed by atoms with Crippen LogP contribution in [0.2, 0.25) is 0 Å². The highest BCUT2D eigenvalue weighted by Gasteiger charge is 2.69. The Labute approximate surface area is 127 Å². The van der Waals surface area contributed by atoms with Crippen LogP contribution in [0.15, 0.2) is 0 Å². The Kier molecular flexibility index (Phi) is 3.53. The molecule has 2 bridgehead atoms. The van der Waals surface area contributed by atoms with E-state index in [1.54, 1.807) is 0 Å². The first-order chi connectivity index (χ1) is 9.70. The molecule has 0 amide bonds. The summed E-state index contributed by atoms with van der Waals surface area (Å²) in [4.78, 5) is 12.7. The van der Waals surface area contributed by atoms with Crippen LogP contribution < -0.4 is 0 Å². The van der Waals surface area contributed by atoms with Crippen molar-refractivity contribution in [1.29, 1.82) is 0 Å². The Hall–Kier alpha value is -0.420. The molecule has 3 aliphatic carbocycles. The second-order valence-corrected chi connectivity index (χ2v) is 9.52. The molecule has 3 saturated carbocycles. The highest BCUT2D eigenvalue weighted by molar-refractivity contribution is 7.88. The molecule has 0 aromatic rings. The van der Waals surface area contributed by atoms with Crippen molar-refractivity contribution >= 4 is 15.9 Å². The number of rotatable bonds is 3.